The summed E-state index contributed by atoms with van der Waals surface area (Å²) in [4.78, 5) is 11.5. The molecule has 160 valence electrons. The van der Waals surface area contributed by atoms with Gasteiger partial charge in [0, 0.05) is 26.2 Å². The summed E-state index contributed by atoms with van der Waals surface area (Å²) >= 11 is 0. The van der Waals surface area contributed by atoms with Gasteiger partial charge in [0.1, 0.15) is 12.6 Å². The molecule has 0 saturated carbocycles. The minimum Gasteiger partial charge on any atom is -0.371 e. The number of halogens is 1. The average Bonchev–Trinajstić information content (AvgIpc) is 3.36. The zero-order valence-corrected chi connectivity index (χ0v) is 19.8. The second kappa shape index (κ2) is 12.1. The van der Waals surface area contributed by atoms with Crippen molar-refractivity contribution in [2.24, 2.45) is 10.9 Å². The molecule has 1 aliphatic heterocycles. The van der Waals surface area contributed by atoms with Gasteiger partial charge in [0.2, 0.25) is 5.89 Å². The van der Waals surface area contributed by atoms with Gasteiger partial charge in [0.15, 0.2) is 11.8 Å². The highest BCUT2D eigenvalue weighted by atomic mass is 127. The molecule has 1 fully saturated rings. The largest absolute Gasteiger partial charge is 0.371 e. The summed E-state index contributed by atoms with van der Waals surface area (Å²) in [5.74, 6) is 2.64. The summed E-state index contributed by atoms with van der Waals surface area (Å²) < 4.78 is 10.8. The minimum atomic E-state index is -0.169. The average molecular weight is 513 g/mol. The first-order chi connectivity index (χ1) is 13.7. The van der Waals surface area contributed by atoms with Gasteiger partial charge in [-0.15, -0.1) is 24.0 Å². The molecule has 0 amide bonds. The van der Waals surface area contributed by atoms with Crippen molar-refractivity contribution >= 4 is 29.9 Å². The lowest BCUT2D eigenvalue weighted by Crippen LogP contribution is -2.40. The van der Waals surface area contributed by atoms with Gasteiger partial charge >= 0.3 is 0 Å². The third kappa shape index (κ3) is 6.95. The second-order valence-electron chi connectivity index (χ2n) is 7.10. The Morgan fingerprint density at radius 3 is 2.86 bits per heavy atom. The number of benzene rings is 1. The van der Waals surface area contributed by atoms with Crippen LogP contribution in [0.15, 0.2) is 39.8 Å². The van der Waals surface area contributed by atoms with E-state index >= 15 is 0 Å². The van der Waals surface area contributed by atoms with Gasteiger partial charge in [-0.25, -0.2) is 4.99 Å². The Kier molecular flexibility index (Phi) is 9.86. The molecule has 8 heteroatoms. The fraction of sp³-hybridized carbons (Fsp3) is 0.571. The molecule has 29 heavy (non-hydrogen) atoms. The maximum absolute atomic E-state index is 5.51. The third-order valence-corrected chi connectivity index (χ3v) is 4.92. The smallest absolute Gasteiger partial charge is 0.248 e. The molecule has 2 aromatic rings. The zero-order chi connectivity index (χ0) is 19.8. The molecular formula is C21H32IN5O2. The predicted molar refractivity (Wildman–Crippen MR) is 124 cm³/mol. The predicted octanol–water partition coefficient (Wildman–Crippen LogP) is 3.82. The fourth-order valence-corrected chi connectivity index (χ4v) is 3.53. The molecule has 0 spiro atoms. The summed E-state index contributed by atoms with van der Waals surface area (Å²) in [6.07, 6.45) is 2.12. The van der Waals surface area contributed by atoms with Gasteiger partial charge in [0.05, 0.1) is 0 Å². The maximum Gasteiger partial charge on any atom is 0.248 e. The van der Waals surface area contributed by atoms with Crippen molar-refractivity contribution in [1.82, 2.24) is 20.4 Å². The van der Waals surface area contributed by atoms with E-state index < -0.39 is 0 Å². The normalized spacial score (nSPS) is 17.8. The Hall–Kier alpha value is -1.68. The molecule has 2 atom stereocenters. The number of rotatable bonds is 8. The van der Waals surface area contributed by atoms with Crippen LogP contribution in [0.4, 0.5) is 0 Å². The van der Waals surface area contributed by atoms with E-state index in [4.69, 9.17) is 14.3 Å². The molecule has 7 nitrogen and oxygen atoms in total. The van der Waals surface area contributed by atoms with Crippen molar-refractivity contribution in [2.45, 2.75) is 46.3 Å². The fourth-order valence-electron chi connectivity index (χ4n) is 3.53. The van der Waals surface area contributed by atoms with Crippen LogP contribution < -0.4 is 5.32 Å². The van der Waals surface area contributed by atoms with E-state index in [0.29, 0.717) is 30.8 Å². The van der Waals surface area contributed by atoms with E-state index in [2.05, 4.69) is 57.6 Å². The summed E-state index contributed by atoms with van der Waals surface area (Å²) in [5.41, 5.74) is 1.40. The van der Waals surface area contributed by atoms with Gasteiger partial charge in [0.25, 0.3) is 0 Å². The van der Waals surface area contributed by atoms with E-state index in [1.807, 2.05) is 13.8 Å². The first-order valence-corrected chi connectivity index (χ1v) is 10.2. The maximum atomic E-state index is 5.51. The Bertz CT molecular complexity index is 753. The summed E-state index contributed by atoms with van der Waals surface area (Å²) in [7, 11) is 0. The number of hydrogen-bond donors (Lipinski definition) is 1. The minimum absolute atomic E-state index is 0. The van der Waals surface area contributed by atoms with Crippen LogP contribution >= 0.6 is 24.0 Å². The van der Waals surface area contributed by atoms with E-state index in [9.17, 15) is 0 Å². The van der Waals surface area contributed by atoms with E-state index in [0.717, 1.165) is 32.0 Å². The number of guanidine groups is 1. The lowest BCUT2D eigenvalue weighted by Gasteiger charge is -2.21. The molecule has 0 aliphatic carbocycles. The van der Waals surface area contributed by atoms with Crippen molar-refractivity contribution in [2.75, 3.05) is 26.2 Å². The topological polar surface area (TPSA) is 75.8 Å². The van der Waals surface area contributed by atoms with Gasteiger partial charge in [-0.2, -0.15) is 4.98 Å². The summed E-state index contributed by atoms with van der Waals surface area (Å²) in [5, 5.41) is 7.39. The highest BCUT2D eigenvalue weighted by molar-refractivity contribution is 14.0. The Labute approximate surface area is 190 Å². The van der Waals surface area contributed by atoms with Crippen LogP contribution in [0.5, 0.6) is 0 Å². The highest BCUT2D eigenvalue weighted by Gasteiger charge is 2.25. The van der Waals surface area contributed by atoms with Crippen LogP contribution in [0.2, 0.25) is 0 Å². The Morgan fingerprint density at radius 1 is 1.34 bits per heavy atom. The molecule has 2 unspecified atom stereocenters. The molecule has 1 aliphatic rings. The van der Waals surface area contributed by atoms with Crippen molar-refractivity contribution in [3.63, 3.8) is 0 Å². The number of nitrogens with zero attached hydrogens (tertiary/aromatic N) is 4. The molecule has 1 N–H and O–H groups in total. The van der Waals surface area contributed by atoms with Crippen molar-refractivity contribution in [1.29, 1.82) is 0 Å². The number of hydrogen-bond acceptors (Lipinski definition) is 5. The Balaban J connectivity index is 0.00000300. The number of ether oxygens (including phenoxy) is 1. The van der Waals surface area contributed by atoms with Crippen LogP contribution in [-0.2, 0) is 17.7 Å². The zero-order valence-electron chi connectivity index (χ0n) is 17.5. The van der Waals surface area contributed by atoms with Gasteiger partial charge in [-0.1, -0.05) is 35.5 Å². The molecular weight excluding hydrogens is 481 g/mol. The molecule has 1 aromatic heterocycles. The summed E-state index contributed by atoms with van der Waals surface area (Å²) in [6.45, 7) is 9.79. The highest BCUT2D eigenvalue weighted by Crippen LogP contribution is 2.21. The lowest BCUT2D eigenvalue weighted by molar-refractivity contribution is 0.0683. The van der Waals surface area contributed by atoms with Crippen LogP contribution in [-0.4, -0.2) is 47.2 Å². The van der Waals surface area contributed by atoms with Gasteiger partial charge in [-0.3, -0.25) is 0 Å². The van der Waals surface area contributed by atoms with Crippen molar-refractivity contribution in [3.8, 4) is 0 Å². The first kappa shape index (κ1) is 23.6. The quantitative estimate of drug-likeness (QED) is 0.329. The van der Waals surface area contributed by atoms with Crippen LogP contribution in [0.3, 0.4) is 0 Å². The van der Waals surface area contributed by atoms with Gasteiger partial charge < -0.3 is 19.5 Å². The lowest BCUT2D eigenvalue weighted by atomic mass is 9.99. The monoisotopic (exact) mass is 513 g/mol. The van der Waals surface area contributed by atoms with Crippen LogP contribution in [0, 0.1) is 5.92 Å². The van der Waals surface area contributed by atoms with Crippen LogP contribution in [0.1, 0.15) is 50.6 Å². The molecule has 0 radical (unpaired) electrons. The first-order valence-electron chi connectivity index (χ1n) is 10.2. The molecule has 3 rings (SSSR count). The molecule has 0 bridgehead atoms. The SMILES string of the molecule is CCNC(=NCc1nc(C(C)OCC)no1)N1CCC(Cc2ccccc2)C1.I. The summed E-state index contributed by atoms with van der Waals surface area (Å²) in [6, 6.07) is 10.7. The Morgan fingerprint density at radius 2 is 2.14 bits per heavy atom. The number of aliphatic imine (C=N–C) groups is 1. The number of aromatic nitrogens is 2. The molecule has 2 heterocycles. The van der Waals surface area contributed by atoms with Crippen molar-refractivity contribution < 1.29 is 9.26 Å². The standard InChI is InChI=1S/C21H31N5O2.HI/c1-4-22-21(23-14-19-24-20(25-28-19)16(3)27-5-2)26-12-11-18(15-26)13-17-9-7-6-8-10-17;/h6-10,16,18H,4-5,11-15H2,1-3H3,(H,22,23);1H. The van der Waals surface area contributed by atoms with E-state index in [1.54, 1.807) is 0 Å². The van der Waals surface area contributed by atoms with E-state index in [1.165, 1.54) is 12.0 Å². The number of likely N-dealkylation sites (tertiary alicyclic amines) is 1. The van der Waals surface area contributed by atoms with Gasteiger partial charge in [-0.05, 0) is 45.1 Å². The molecule has 1 aromatic carbocycles. The number of nitrogens with one attached hydrogen (secondary N) is 1. The van der Waals surface area contributed by atoms with E-state index in [-0.39, 0.29) is 30.1 Å². The van der Waals surface area contributed by atoms with Crippen LogP contribution in [0.25, 0.3) is 0 Å². The second-order valence-corrected chi connectivity index (χ2v) is 7.10. The van der Waals surface area contributed by atoms with Crippen molar-refractivity contribution in [3.05, 3.63) is 47.6 Å². The molecule has 1 saturated heterocycles. The third-order valence-electron chi connectivity index (χ3n) is 4.92.